The van der Waals surface area contributed by atoms with E-state index >= 15 is 0 Å². The summed E-state index contributed by atoms with van der Waals surface area (Å²) >= 11 is 0. The van der Waals surface area contributed by atoms with Crippen LogP contribution in [0.3, 0.4) is 0 Å². The maximum Gasteiger partial charge on any atom is 0.261 e. The first-order valence-electron chi connectivity index (χ1n) is 50.1. The third kappa shape index (κ3) is 21.0. The summed E-state index contributed by atoms with van der Waals surface area (Å²) in [5, 5.41) is 22.1. The fraction of sp³-hybridized carbons (Fsp3) is 0.351. The maximum absolute atomic E-state index is 14.7. The van der Waals surface area contributed by atoms with Crippen LogP contribution in [-0.2, 0) is 0 Å². The van der Waals surface area contributed by atoms with Gasteiger partial charge in [0.25, 0.3) is 53.1 Å². The number of aryl methyl sites for hydroxylation is 9. The molecule has 10 bridgehead atoms. The molecule has 25 rings (SSSR count). The Labute approximate surface area is 854 Å². The van der Waals surface area contributed by atoms with Crippen LogP contribution in [0.1, 0.15) is 167 Å². The lowest BCUT2D eigenvalue weighted by molar-refractivity contribution is 0.0464. The number of nitrogens with one attached hydrogen (secondary N) is 2. The van der Waals surface area contributed by atoms with E-state index < -0.39 is 23.3 Å². The fourth-order valence-electron chi connectivity index (χ4n) is 22.7. The van der Waals surface area contributed by atoms with Crippen molar-refractivity contribution in [2.45, 2.75) is 187 Å². The number of pyridine rings is 5. The number of carbonyl (C=O) groups excluding carboxylic acids is 5. The van der Waals surface area contributed by atoms with Crippen molar-refractivity contribution in [3.63, 3.8) is 0 Å². The Balaban J connectivity index is 0.000000109. The van der Waals surface area contributed by atoms with Gasteiger partial charge in [-0.1, -0.05) is 87.4 Å². The van der Waals surface area contributed by atoms with Crippen LogP contribution < -0.4 is 24.8 Å². The number of piperidine rings is 5. The number of anilines is 2. The molecule has 15 unspecified atom stereocenters. The second-order valence-corrected chi connectivity index (χ2v) is 40.1. The number of aromatic nitrogens is 15. The third-order valence-corrected chi connectivity index (χ3v) is 29.4. The van der Waals surface area contributed by atoms with E-state index in [1.54, 1.807) is 105 Å². The number of likely N-dealkylation sites (tertiary alicyclic amines) is 5. The quantitative estimate of drug-likeness (QED) is 0.0669. The van der Waals surface area contributed by atoms with Crippen LogP contribution in [0.15, 0.2) is 225 Å². The van der Waals surface area contributed by atoms with Crippen LogP contribution in [0.4, 0.5) is 29.2 Å². The van der Waals surface area contributed by atoms with Gasteiger partial charge in [-0.25, -0.2) is 52.4 Å². The van der Waals surface area contributed by atoms with Gasteiger partial charge in [-0.05, 0) is 263 Å². The molecule has 10 fully saturated rings. The van der Waals surface area contributed by atoms with Crippen molar-refractivity contribution in [2.75, 3.05) is 43.4 Å². The number of hydrogen-bond acceptors (Lipinski definition) is 29. The summed E-state index contributed by atoms with van der Waals surface area (Å²) in [6, 6.07) is 46.6. The Morgan fingerprint density at radius 3 is 0.893 bits per heavy atom. The number of carbonyl (C=O) groups is 5. The largest absolute Gasteiger partial charge is 0.472 e. The summed E-state index contributed by atoms with van der Waals surface area (Å²) in [4.78, 5) is 123. The van der Waals surface area contributed by atoms with Gasteiger partial charge < -0.3 is 67.4 Å². The first-order chi connectivity index (χ1) is 72.2. The van der Waals surface area contributed by atoms with Crippen LogP contribution in [0.5, 0.6) is 17.6 Å². The van der Waals surface area contributed by atoms with Gasteiger partial charge in [-0.3, -0.25) is 24.0 Å². The van der Waals surface area contributed by atoms with Crippen molar-refractivity contribution < 1.29 is 73.8 Å². The molecular formula is C111H108F4N22O12. The van der Waals surface area contributed by atoms with Crippen molar-refractivity contribution in [2.24, 2.45) is 29.6 Å². The predicted octanol–water partition coefficient (Wildman–Crippen LogP) is 17.9. The monoisotopic (exact) mass is 2020 g/mol. The molecule has 5 saturated carbocycles. The molecular weight excluding hydrogens is 1910 g/mol. The van der Waals surface area contributed by atoms with Crippen molar-refractivity contribution in [3.05, 3.63) is 309 Å². The molecule has 15 aromatic rings. The van der Waals surface area contributed by atoms with E-state index in [2.05, 4.69) is 86.1 Å². The SMILES string of the molecule is Cc1ccc(NC2CC3CC2N(C(=O)c2cccc(F)c2-c2nc(C)no2)C3)nc1.Cc1ccc(NC2CC3CC2N(C(=O)c2ccccc2-c2nc(C)no2)C3)nc1.Cc1ccc(OC2CC3CC2N(C(=O)c2cccc(F)c2-c2nc(C)no2)C3)nc1.Cc1ccc(OC2CC3CC2N(C(=O)c2cccc(F)c2-c2nc(C)no2)C3)nc1.Cc1ccc(OC2CC3CC2N(C(=O)c2cccc(F)c2-c2ncccn2)C3)nc1. The summed E-state index contributed by atoms with van der Waals surface area (Å²) in [5.74, 6) is 4.62. The predicted molar refractivity (Wildman–Crippen MR) is 536 cm³/mol. The van der Waals surface area contributed by atoms with E-state index in [1.807, 2.05) is 147 Å². The van der Waals surface area contributed by atoms with Gasteiger partial charge in [0.05, 0.1) is 85.8 Å². The molecule has 10 aliphatic rings. The molecule has 5 amide bonds. The molecule has 0 radical (unpaired) electrons. The van der Waals surface area contributed by atoms with Gasteiger partial charge in [0.2, 0.25) is 17.6 Å². The number of halogens is 4. The average molecular weight is 2020 g/mol. The van der Waals surface area contributed by atoms with Crippen molar-refractivity contribution in [1.82, 2.24) is 99.9 Å². The molecule has 10 aromatic heterocycles. The van der Waals surface area contributed by atoms with Gasteiger partial charge >= 0.3 is 0 Å². The molecule has 5 aromatic carbocycles. The van der Waals surface area contributed by atoms with E-state index in [0.717, 1.165) is 110 Å². The summed E-state index contributed by atoms with van der Waals surface area (Å²) in [6.45, 7) is 20.0. The molecule has 38 heteroatoms. The first-order valence-corrected chi connectivity index (χ1v) is 50.1. The van der Waals surface area contributed by atoms with Crippen molar-refractivity contribution in [1.29, 1.82) is 0 Å². The average Bonchev–Trinajstić information content (AvgIpc) is 1.67. The molecule has 15 heterocycles. The molecule has 2 N–H and O–H groups in total. The topological polar surface area (TPSA) is 399 Å². The highest BCUT2D eigenvalue weighted by Gasteiger charge is 2.54. The minimum absolute atomic E-state index is 0.00922. The Kier molecular flexibility index (Phi) is 27.9. The van der Waals surface area contributed by atoms with Crippen LogP contribution >= 0.6 is 0 Å². The Bertz CT molecular complexity index is 7020. The van der Waals surface area contributed by atoms with Crippen LogP contribution in [-0.4, -0.2) is 223 Å². The first kappa shape index (κ1) is 98.6. The highest BCUT2D eigenvalue weighted by Crippen LogP contribution is 2.48. The smallest absolute Gasteiger partial charge is 0.261 e. The van der Waals surface area contributed by atoms with Crippen molar-refractivity contribution in [3.8, 4) is 74.8 Å². The number of nitrogens with zero attached hydrogens (tertiary/aromatic N) is 20. The lowest BCUT2D eigenvalue weighted by Gasteiger charge is -2.34. The lowest BCUT2D eigenvalue weighted by atomic mass is 10.0. The van der Waals surface area contributed by atoms with Gasteiger partial charge in [0.1, 0.15) is 53.2 Å². The van der Waals surface area contributed by atoms with Crippen LogP contribution in [0.2, 0.25) is 0 Å². The van der Waals surface area contributed by atoms with Gasteiger partial charge in [-0.15, -0.1) is 0 Å². The molecule has 5 aliphatic carbocycles. The van der Waals surface area contributed by atoms with E-state index in [9.17, 15) is 41.5 Å². The number of ether oxygens (including phenoxy) is 3. The van der Waals surface area contributed by atoms with Crippen LogP contribution in [0.25, 0.3) is 57.2 Å². The Morgan fingerprint density at radius 1 is 0.295 bits per heavy atom. The standard InChI is InChI=1S/C23H21FN4O2.C22H22FN5O2.2C22H21FN4O3.C22H23N5O2/c1-14-6-7-20(27-12-14)30-19-11-15-10-18(19)28(13-15)23(29)16-4-2-5-17(24)21(16)22-25-8-3-9-26-22;1-12-6-7-19(24-10-12)26-17-8-14-9-18(17)28(11-14)22(29)15-4-3-5-16(23)20(15)21-25-13(2)27-30-21;2*1-12-6-7-19(24-10-12)29-18-9-14-8-17(18)27(11-14)22(28)15-4-3-5-16(23)20(15)21-25-13(2)26-30-21;1-13-7-8-20(23-11-13)25-18-9-15-10-19(18)27(12-15)22(28)17-6-4-3-5-16(17)21-24-14(2)26-29-21/h2-9,12,15,18-19H,10-11,13H2,1H3;3-7,10,14,17-18H,8-9,11H2,1-2H3,(H,24,26);2*3-7,10,14,17-18H,8-9,11H2,1-2H3;3-8,11,15,18-19H,9-10,12H2,1-2H3,(H,23,25). The lowest BCUT2D eigenvalue weighted by Crippen LogP contribution is -2.47. The van der Waals surface area contributed by atoms with Gasteiger partial charge in [0, 0.05) is 106 Å². The molecule has 15 atom stereocenters. The van der Waals surface area contributed by atoms with Gasteiger partial charge in [-0.2, -0.15) is 19.9 Å². The minimum Gasteiger partial charge on any atom is -0.472 e. The Hall–Kier alpha value is -16.4. The number of fused-ring (bicyclic) bond motifs is 10. The van der Waals surface area contributed by atoms with E-state index in [0.29, 0.717) is 114 Å². The molecule has 5 aliphatic heterocycles. The normalized spacial score (nSPS) is 22.5. The summed E-state index contributed by atoms with van der Waals surface area (Å²) in [5.41, 5.74) is 7.97. The zero-order valence-corrected chi connectivity index (χ0v) is 83.3. The number of amides is 5. The second-order valence-electron chi connectivity index (χ2n) is 40.1. The third-order valence-electron chi connectivity index (χ3n) is 29.4. The van der Waals surface area contributed by atoms with E-state index in [4.69, 9.17) is 32.3 Å². The van der Waals surface area contributed by atoms with E-state index in [-0.39, 0.29) is 158 Å². The number of benzene rings is 5. The maximum atomic E-state index is 14.7. The highest BCUT2D eigenvalue weighted by atomic mass is 19.1. The Morgan fingerprint density at radius 2 is 0.584 bits per heavy atom. The highest BCUT2D eigenvalue weighted by molar-refractivity contribution is 6.04. The van der Waals surface area contributed by atoms with Crippen molar-refractivity contribution >= 4 is 41.2 Å². The molecule has 0 spiro atoms. The fourth-order valence-corrected chi connectivity index (χ4v) is 22.7. The second kappa shape index (κ2) is 42.2. The van der Waals surface area contributed by atoms with E-state index in [1.165, 1.54) is 42.5 Å². The molecule has 762 valence electrons. The van der Waals surface area contributed by atoms with Gasteiger partial charge in [0.15, 0.2) is 29.1 Å². The summed E-state index contributed by atoms with van der Waals surface area (Å²) < 4.78 is 97.7. The zero-order valence-electron chi connectivity index (χ0n) is 83.3. The molecule has 149 heavy (non-hydrogen) atoms. The summed E-state index contributed by atoms with van der Waals surface area (Å²) in [7, 11) is 0. The minimum atomic E-state index is -0.564. The molecule has 5 saturated heterocycles. The van der Waals surface area contributed by atoms with Crippen LogP contribution in [0, 0.1) is 115 Å². The zero-order chi connectivity index (χ0) is 103. The number of hydrogen-bond donors (Lipinski definition) is 2. The number of rotatable bonds is 20. The molecule has 34 nitrogen and oxygen atoms in total. The summed E-state index contributed by atoms with van der Waals surface area (Å²) in [6.07, 6.45) is 20.9.